The highest BCUT2D eigenvalue weighted by Gasteiger charge is 2.39. The van der Waals surface area contributed by atoms with Crippen molar-refractivity contribution in [2.75, 3.05) is 0 Å². The van der Waals surface area contributed by atoms with E-state index in [2.05, 4.69) is 0 Å². The molecule has 0 bridgehead atoms. The van der Waals surface area contributed by atoms with Crippen molar-refractivity contribution in [2.45, 2.75) is 38.2 Å². The van der Waals surface area contributed by atoms with Gasteiger partial charge < -0.3 is 9.52 Å². The molecule has 0 spiro atoms. The van der Waals surface area contributed by atoms with Gasteiger partial charge in [-0.05, 0) is 37.8 Å². The van der Waals surface area contributed by atoms with Crippen molar-refractivity contribution in [3.8, 4) is 0 Å². The Morgan fingerprint density at radius 1 is 1.58 bits per heavy atom. The molecule has 1 heterocycles. The van der Waals surface area contributed by atoms with Crippen LogP contribution in [-0.4, -0.2) is 10.7 Å². The lowest BCUT2D eigenvalue weighted by Gasteiger charge is -2.04. The van der Waals surface area contributed by atoms with Crippen LogP contribution in [0.15, 0.2) is 16.7 Å². The first-order valence-corrected chi connectivity index (χ1v) is 4.45. The summed E-state index contributed by atoms with van der Waals surface area (Å²) in [6.07, 6.45) is 5.36. The second-order valence-corrected chi connectivity index (χ2v) is 3.75. The average molecular weight is 166 g/mol. The third kappa shape index (κ3) is 1.53. The zero-order valence-electron chi connectivity index (χ0n) is 7.34. The van der Waals surface area contributed by atoms with Crippen molar-refractivity contribution < 1.29 is 9.52 Å². The Hall–Kier alpha value is -0.760. The maximum atomic E-state index is 9.58. The fourth-order valence-electron chi connectivity index (χ4n) is 1.40. The molecule has 0 unspecified atom stereocenters. The first-order chi connectivity index (χ1) is 5.70. The van der Waals surface area contributed by atoms with Gasteiger partial charge in [-0.25, -0.2) is 0 Å². The highest BCUT2D eigenvalue weighted by molar-refractivity contribution is 5.15. The number of rotatable bonds is 3. The summed E-state index contributed by atoms with van der Waals surface area (Å²) in [6, 6.07) is 1.96. The molecule has 2 heteroatoms. The lowest BCUT2D eigenvalue weighted by molar-refractivity contribution is 0.138. The summed E-state index contributed by atoms with van der Waals surface area (Å²) in [4.78, 5) is 0. The summed E-state index contributed by atoms with van der Waals surface area (Å²) in [5.74, 6) is 1.02. The van der Waals surface area contributed by atoms with Crippen LogP contribution in [0.4, 0.5) is 0 Å². The maximum Gasteiger partial charge on any atom is 0.106 e. The molecule has 1 N–H and O–H groups in total. The van der Waals surface area contributed by atoms with E-state index in [0.717, 1.165) is 31.4 Å². The number of aliphatic hydroxyl groups is 1. The van der Waals surface area contributed by atoms with Gasteiger partial charge in [0, 0.05) is 6.42 Å². The molecule has 0 amide bonds. The van der Waals surface area contributed by atoms with Gasteiger partial charge in [0.2, 0.25) is 0 Å². The van der Waals surface area contributed by atoms with Gasteiger partial charge in [0.25, 0.3) is 0 Å². The fourth-order valence-corrected chi connectivity index (χ4v) is 1.40. The lowest BCUT2D eigenvalue weighted by atomic mass is 10.1. The zero-order valence-corrected chi connectivity index (χ0v) is 7.34. The average Bonchev–Trinajstić information content (AvgIpc) is 2.61. The predicted octanol–water partition coefficient (Wildman–Crippen LogP) is 2.05. The second-order valence-electron chi connectivity index (χ2n) is 3.75. The van der Waals surface area contributed by atoms with Crippen LogP contribution in [0, 0.1) is 6.92 Å². The van der Waals surface area contributed by atoms with E-state index >= 15 is 0 Å². The Morgan fingerprint density at radius 3 is 2.83 bits per heavy atom. The molecule has 0 saturated heterocycles. The Balaban J connectivity index is 1.91. The third-order valence-electron chi connectivity index (χ3n) is 2.61. The summed E-state index contributed by atoms with van der Waals surface area (Å²) in [6.45, 7) is 2.04. The van der Waals surface area contributed by atoms with Crippen LogP contribution in [0.1, 0.15) is 30.6 Å². The molecule has 2 rings (SSSR count). The van der Waals surface area contributed by atoms with E-state index in [9.17, 15) is 5.11 Å². The molecule has 1 fully saturated rings. The number of hydrogen-bond acceptors (Lipinski definition) is 2. The number of furan rings is 1. The van der Waals surface area contributed by atoms with Crippen molar-refractivity contribution in [3.05, 3.63) is 23.7 Å². The van der Waals surface area contributed by atoms with Gasteiger partial charge in [-0.1, -0.05) is 0 Å². The minimum Gasteiger partial charge on any atom is -0.469 e. The Bertz CT molecular complexity index is 271. The lowest BCUT2D eigenvalue weighted by Crippen LogP contribution is -2.07. The Kier molecular flexibility index (Phi) is 1.72. The molecular formula is C10H14O2. The van der Waals surface area contributed by atoms with Gasteiger partial charge in [-0.2, -0.15) is 0 Å². The topological polar surface area (TPSA) is 33.4 Å². The van der Waals surface area contributed by atoms with E-state index in [1.54, 1.807) is 6.26 Å². The highest BCUT2D eigenvalue weighted by Crippen LogP contribution is 2.39. The van der Waals surface area contributed by atoms with Crippen LogP contribution in [0.3, 0.4) is 0 Å². The van der Waals surface area contributed by atoms with E-state index in [4.69, 9.17) is 4.42 Å². The van der Waals surface area contributed by atoms with Crippen molar-refractivity contribution >= 4 is 0 Å². The van der Waals surface area contributed by atoms with Crippen LogP contribution >= 0.6 is 0 Å². The van der Waals surface area contributed by atoms with Crippen LogP contribution in [0.5, 0.6) is 0 Å². The molecule has 0 atom stereocenters. The van der Waals surface area contributed by atoms with E-state index < -0.39 is 0 Å². The quantitative estimate of drug-likeness (QED) is 0.745. The fraction of sp³-hybridized carbons (Fsp3) is 0.600. The van der Waals surface area contributed by atoms with E-state index in [1.807, 2.05) is 13.0 Å². The highest BCUT2D eigenvalue weighted by atomic mass is 16.3. The van der Waals surface area contributed by atoms with Crippen LogP contribution in [0.2, 0.25) is 0 Å². The first kappa shape index (κ1) is 7.87. The minimum absolute atomic E-state index is 0.348. The molecule has 12 heavy (non-hydrogen) atoms. The van der Waals surface area contributed by atoms with Gasteiger partial charge in [0.05, 0.1) is 11.9 Å². The standard InChI is InChI=1S/C10H14O2/c1-8-3-7-12-9(8)2-4-10(11)5-6-10/h3,7,11H,2,4-6H2,1H3. The van der Waals surface area contributed by atoms with Crippen LogP contribution in [-0.2, 0) is 6.42 Å². The van der Waals surface area contributed by atoms with Gasteiger partial charge in [0.1, 0.15) is 5.76 Å². The molecule has 1 aromatic heterocycles. The molecule has 1 aliphatic rings. The van der Waals surface area contributed by atoms with Crippen molar-refractivity contribution in [2.24, 2.45) is 0 Å². The summed E-state index contributed by atoms with van der Waals surface area (Å²) in [5, 5.41) is 9.58. The van der Waals surface area contributed by atoms with Gasteiger partial charge in [0.15, 0.2) is 0 Å². The van der Waals surface area contributed by atoms with E-state index in [-0.39, 0.29) is 5.60 Å². The number of hydrogen-bond donors (Lipinski definition) is 1. The molecule has 0 aliphatic heterocycles. The zero-order chi connectivity index (χ0) is 8.60. The SMILES string of the molecule is Cc1ccoc1CCC1(O)CC1. The van der Waals surface area contributed by atoms with Crippen molar-refractivity contribution in [1.82, 2.24) is 0 Å². The maximum absolute atomic E-state index is 9.58. The van der Waals surface area contributed by atoms with E-state index in [1.165, 1.54) is 5.56 Å². The Labute approximate surface area is 72.2 Å². The molecule has 66 valence electrons. The van der Waals surface area contributed by atoms with Gasteiger partial charge >= 0.3 is 0 Å². The summed E-state index contributed by atoms with van der Waals surface area (Å²) >= 11 is 0. The monoisotopic (exact) mass is 166 g/mol. The van der Waals surface area contributed by atoms with Crippen LogP contribution < -0.4 is 0 Å². The summed E-state index contributed by atoms with van der Waals surface area (Å²) in [7, 11) is 0. The minimum atomic E-state index is -0.348. The first-order valence-electron chi connectivity index (χ1n) is 4.45. The largest absolute Gasteiger partial charge is 0.469 e. The van der Waals surface area contributed by atoms with Crippen LogP contribution in [0.25, 0.3) is 0 Å². The predicted molar refractivity (Wildman–Crippen MR) is 45.9 cm³/mol. The molecule has 2 nitrogen and oxygen atoms in total. The normalized spacial score (nSPS) is 19.5. The van der Waals surface area contributed by atoms with E-state index in [0.29, 0.717) is 0 Å². The summed E-state index contributed by atoms with van der Waals surface area (Å²) < 4.78 is 5.28. The molecule has 1 aromatic rings. The molecule has 0 radical (unpaired) electrons. The summed E-state index contributed by atoms with van der Waals surface area (Å²) in [5.41, 5.74) is 0.846. The molecule has 0 aromatic carbocycles. The Morgan fingerprint density at radius 2 is 2.33 bits per heavy atom. The number of aryl methyl sites for hydroxylation is 2. The van der Waals surface area contributed by atoms with Gasteiger partial charge in [-0.3, -0.25) is 0 Å². The smallest absolute Gasteiger partial charge is 0.106 e. The molecule has 1 saturated carbocycles. The van der Waals surface area contributed by atoms with Gasteiger partial charge in [-0.15, -0.1) is 0 Å². The second kappa shape index (κ2) is 2.63. The molecular weight excluding hydrogens is 152 g/mol. The van der Waals surface area contributed by atoms with Crippen molar-refractivity contribution in [3.63, 3.8) is 0 Å². The third-order valence-corrected chi connectivity index (χ3v) is 2.61. The van der Waals surface area contributed by atoms with Crippen molar-refractivity contribution in [1.29, 1.82) is 0 Å². The molecule has 1 aliphatic carbocycles.